The zero-order chi connectivity index (χ0) is 55.6. The van der Waals surface area contributed by atoms with E-state index in [0.29, 0.717) is 19.3 Å². The Kier molecular flexibility index (Phi) is 16.5. The van der Waals surface area contributed by atoms with Crippen molar-refractivity contribution in [2.45, 2.75) is 235 Å². The lowest BCUT2D eigenvalue weighted by Gasteiger charge is -2.72. The molecule has 9 rings (SSSR count). The van der Waals surface area contributed by atoms with Gasteiger partial charge in [0.15, 0.2) is 31.3 Å². The van der Waals surface area contributed by atoms with Gasteiger partial charge in [-0.1, -0.05) is 60.1 Å². The number of ether oxygens (including phenoxy) is 8. The van der Waals surface area contributed by atoms with E-state index in [1.807, 2.05) is 0 Å². The van der Waals surface area contributed by atoms with E-state index in [2.05, 4.69) is 54.5 Å². The minimum absolute atomic E-state index is 0.000714. The minimum Gasteiger partial charge on any atom is -0.479 e. The summed E-state index contributed by atoms with van der Waals surface area (Å²) in [7, 11) is 0. The molecule has 23 nitrogen and oxygen atoms in total. The van der Waals surface area contributed by atoms with Crippen LogP contribution in [0.25, 0.3) is 0 Å². The summed E-state index contributed by atoms with van der Waals surface area (Å²) < 4.78 is 48.6. The van der Waals surface area contributed by atoms with Crippen LogP contribution in [0.15, 0.2) is 11.6 Å². The second-order valence-electron chi connectivity index (χ2n) is 26.0. The Hall–Kier alpha value is -1.63. The first-order chi connectivity index (χ1) is 35.5. The summed E-state index contributed by atoms with van der Waals surface area (Å²) in [6.45, 7) is 13.4. The van der Waals surface area contributed by atoms with E-state index in [9.17, 15) is 76.3 Å². The average molecular weight is 1090 g/mol. The van der Waals surface area contributed by atoms with E-state index >= 15 is 0 Å². The van der Waals surface area contributed by atoms with E-state index in [0.717, 1.165) is 38.5 Å². The summed E-state index contributed by atoms with van der Waals surface area (Å²) >= 11 is 0. The van der Waals surface area contributed by atoms with Gasteiger partial charge in [-0.15, -0.1) is 0 Å². The smallest absolute Gasteiger partial charge is 0.335 e. The van der Waals surface area contributed by atoms with Crippen LogP contribution in [0, 0.1) is 50.2 Å². The molecule has 28 atom stereocenters. The molecule has 4 aliphatic heterocycles. The molecule has 0 unspecified atom stereocenters. The number of aliphatic hydroxyl groups excluding tert-OH is 13. The number of rotatable bonds is 12. The van der Waals surface area contributed by atoms with Crippen LogP contribution < -0.4 is 0 Å². The molecule has 5 aliphatic carbocycles. The predicted molar refractivity (Wildman–Crippen MR) is 259 cm³/mol. The molecule has 14 N–H and O–H groups in total. The van der Waals surface area contributed by atoms with E-state index < -0.39 is 166 Å². The minimum atomic E-state index is -2.20. The molecule has 0 radical (unpaired) electrons. The van der Waals surface area contributed by atoms with Crippen LogP contribution >= 0.6 is 0 Å². The van der Waals surface area contributed by atoms with Crippen LogP contribution in [0.3, 0.4) is 0 Å². The van der Waals surface area contributed by atoms with Gasteiger partial charge >= 0.3 is 5.97 Å². The number of hydrogen-bond donors (Lipinski definition) is 14. The monoisotopic (exact) mass is 1090 g/mol. The van der Waals surface area contributed by atoms with E-state index in [-0.39, 0.29) is 46.0 Å². The molecular weight excluding hydrogens is 1000 g/mol. The number of fused-ring (bicyclic) bond motifs is 7. The van der Waals surface area contributed by atoms with Crippen LogP contribution in [0.1, 0.15) is 106 Å². The Morgan fingerprint density at radius 2 is 1.20 bits per heavy atom. The topological polar surface area (TPSA) is 374 Å². The zero-order valence-electron chi connectivity index (χ0n) is 44.6. The summed E-state index contributed by atoms with van der Waals surface area (Å²) in [5, 5.41) is 153. The Morgan fingerprint density at radius 1 is 0.605 bits per heavy atom. The Labute approximate surface area is 442 Å². The number of aliphatic carboxylic acids is 1. The maximum absolute atomic E-state index is 13.1. The maximum Gasteiger partial charge on any atom is 0.335 e. The molecule has 8 fully saturated rings. The third kappa shape index (κ3) is 9.46. The van der Waals surface area contributed by atoms with Crippen LogP contribution in [0.4, 0.5) is 0 Å². The molecule has 76 heavy (non-hydrogen) atoms. The van der Waals surface area contributed by atoms with Crippen molar-refractivity contribution >= 4 is 5.97 Å². The summed E-state index contributed by atoms with van der Waals surface area (Å²) in [5.74, 6) is -1.47. The van der Waals surface area contributed by atoms with Crippen molar-refractivity contribution in [3.05, 3.63) is 11.6 Å². The standard InChI is InChI=1S/C53H86O23/c1-48(2)14-15-53(21-56)23(16-48)22-8-9-28-50(5)12-11-30(49(3,4)27(50)10-13-51(28,6)52(22,7)17-29(53)58)72-47-42(76-45-37(65)35(63)33(61)26(19-55)71-45)39(38(66)40(74-47)43(67)68)73-46-41(31(59)24(57)20-69-46)75-44-36(64)34(62)32(60)25(18-54)70-44/h8,23-42,44-47,54-66H,9-21H2,1-7H3,(H,67,68)/t23-,24+,25+,26+,27-,28+,29+,30-,31-,32+,33+,34-,35-,36+,37+,38-,39-,40-,41+,42+,44-,45-,46-,47+,50-,51+,52+,53+/m0/s1. The number of carboxylic acid groups (broad SMARTS) is 1. The lowest BCUT2D eigenvalue weighted by Crippen LogP contribution is -2.69. The Morgan fingerprint density at radius 3 is 1.78 bits per heavy atom. The molecule has 0 amide bonds. The molecule has 0 bridgehead atoms. The van der Waals surface area contributed by atoms with Crippen molar-refractivity contribution < 1.29 is 114 Å². The summed E-state index contributed by atoms with van der Waals surface area (Å²) in [4.78, 5) is 13.1. The fourth-order valence-corrected chi connectivity index (χ4v) is 16.4. The molecule has 0 spiro atoms. The van der Waals surface area contributed by atoms with Crippen molar-refractivity contribution in [2.75, 3.05) is 26.4 Å². The number of allylic oxidation sites excluding steroid dienone is 2. The average Bonchev–Trinajstić information content (AvgIpc) is 3.56. The third-order valence-corrected chi connectivity index (χ3v) is 21.2. The zero-order valence-corrected chi connectivity index (χ0v) is 44.6. The summed E-state index contributed by atoms with van der Waals surface area (Å²) in [6.07, 6.45) is -28.0. The fraction of sp³-hybridized carbons (Fsp3) is 0.943. The first-order valence-electron chi connectivity index (χ1n) is 27.3. The molecule has 0 aromatic heterocycles. The molecule has 0 aromatic rings. The molecule has 4 heterocycles. The number of carbonyl (C=O) groups is 1. The van der Waals surface area contributed by atoms with E-state index in [4.69, 9.17) is 37.9 Å². The lowest BCUT2D eigenvalue weighted by molar-refractivity contribution is -0.401. The molecular formula is C53H86O23. The van der Waals surface area contributed by atoms with Gasteiger partial charge in [0.25, 0.3) is 0 Å². The second-order valence-corrected chi connectivity index (χ2v) is 26.0. The highest BCUT2D eigenvalue weighted by atomic mass is 16.8. The van der Waals surface area contributed by atoms with E-state index in [1.54, 1.807) is 0 Å². The highest BCUT2D eigenvalue weighted by Gasteiger charge is 2.70. The van der Waals surface area contributed by atoms with Crippen molar-refractivity contribution in [1.82, 2.24) is 0 Å². The molecule has 23 heteroatoms. The molecule has 4 saturated carbocycles. The van der Waals surface area contributed by atoms with Gasteiger partial charge < -0.3 is 109 Å². The van der Waals surface area contributed by atoms with Gasteiger partial charge in [0.1, 0.15) is 85.5 Å². The summed E-state index contributed by atoms with van der Waals surface area (Å²) in [5.41, 5.74) is -0.759. The van der Waals surface area contributed by atoms with Crippen LogP contribution in [0.2, 0.25) is 0 Å². The first-order valence-corrected chi connectivity index (χ1v) is 27.3. The maximum atomic E-state index is 13.1. The second kappa shape index (κ2) is 21.3. The SMILES string of the molecule is CC1(C)CC[C@]2(CO)[C@H](O)C[C@]3(C)C(=CC[C@@H]4[C@@]5(C)CC[C@H](O[C@@H]6O[C@H](C(=O)O)[C@@H](O)[C@H](O[C@@H]7OC[C@@H](O)[C@H](O)[C@H]7O[C@@H]7O[C@H](CO)[C@@H](O)[C@H](O)[C@H]7O)[C@H]6O[C@@H]6O[C@H](CO)[C@@H](O)[C@H](O)[C@H]6O)C(C)(C)[C@@H]5CC[C@]43C)[C@@H]2C1. The van der Waals surface area contributed by atoms with Gasteiger partial charge in [-0.05, 0) is 103 Å². The Bertz CT molecular complexity index is 2090. The van der Waals surface area contributed by atoms with Crippen molar-refractivity contribution in [1.29, 1.82) is 0 Å². The summed E-state index contributed by atoms with van der Waals surface area (Å²) in [6, 6.07) is 0. The largest absolute Gasteiger partial charge is 0.479 e. The number of aliphatic hydroxyl groups is 13. The predicted octanol–water partition coefficient (Wildman–Crippen LogP) is -1.86. The molecule has 436 valence electrons. The van der Waals surface area contributed by atoms with Crippen LogP contribution in [-0.2, 0) is 42.7 Å². The van der Waals surface area contributed by atoms with Gasteiger partial charge in [-0.2, -0.15) is 0 Å². The number of hydrogen-bond acceptors (Lipinski definition) is 22. The fourth-order valence-electron chi connectivity index (χ4n) is 16.4. The van der Waals surface area contributed by atoms with Crippen molar-refractivity contribution in [3.8, 4) is 0 Å². The quantitative estimate of drug-likeness (QED) is 0.0753. The van der Waals surface area contributed by atoms with Crippen molar-refractivity contribution in [3.63, 3.8) is 0 Å². The van der Waals surface area contributed by atoms with Crippen LogP contribution in [-0.4, -0.2) is 233 Å². The van der Waals surface area contributed by atoms with Gasteiger partial charge in [0, 0.05) is 5.41 Å². The Balaban J connectivity index is 1.03. The first kappa shape index (κ1) is 59.0. The number of carboxylic acids is 1. The highest BCUT2D eigenvalue weighted by Crippen LogP contribution is 2.76. The van der Waals surface area contributed by atoms with Gasteiger partial charge in [-0.3, -0.25) is 0 Å². The van der Waals surface area contributed by atoms with Gasteiger partial charge in [-0.25, -0.2) is 4.79 Å². The van der Waals surface area contributed by atoms with Gasteiger partial charge in [0.2, 0.25) is 0 Å². The van der Waals surface area contributed by atoms with E-state index in [1.165, 1.54) is 5.57 Å². The van der Waals surface area contributed by atoms with Crippen molar-refractivity contribution in [2.24, 2.45) is 50.2 Å². The lowest BCUT2D eigenvalue weighted by atomic mass is 9.33. The molecule has 0 aromatic carbocycles. The van der Waals surface area contributed by atoms with Gasteiger partial charge in [0.05, 0.1) is 38.6 Å². The third-order valence-electron chi connectivity index (χ3n) is 21.2. The molecule has 9 aliphatic rings. The normalized spacial score (nSPS) is 54.0. The highest BCUT2D eigenvalue weighted by molar-refractivity contribution is 5.73. The van der Waals surface area contributed by atoms with Crippen LogP contribution in [0.5, 0.6) is 0 Å². The molecule has 4 saturated heterocycles.